The molecule has 0 radical (unpaired) electrons. The van der Waals surface area contributed by atoms with Gasteiger partial charge in [0, 0.05) is 6.42 Å². The molecular weight excluding hydrogens is 266 g/mol. The lowest BCUT2D eigenvalue weighted by atomic mass is 10.1. The molecule has 0 saturated carbocycles. The summed E-state index contributed by atoms with van der Waals surface area (Å²) in [5.74, 6) is 0.947. The molecule has 102 valence electrons. The number of ether oxygens (including phenoxy) is 2. The Bertz CT molecular complexity index is 689. The molecule has 0 atom stereocenters. The first-order valence-corrected chi connectivity index (χ1v) is 5.71. The van der Waals surface area contributed by atoms with Crippen LogP contribution in [0.2, 0.25) is 0 Å². The maximum absolute atomic E-state index is 10.6. The van der Waals surface area contributed by atoms with E-state index in [1.807, 2.05) is 6.07 Å². The largest absolute Gasteiger partial charge is 0.488 e. The van der Waals surface area contributed by atoms with Crippen molar-refractivity contribution in [3.8, 4) is 17.4 Å². The lowest BCUT2D eigenvalue weighted by molar-refractivity contribution is -0.386. The molecule has 3 rings (SSSR count). The quantitative estimate of drug-likeness (QED) is 0.666. The van der Waals surface area contributed by atoms with E-state index in [0.717, 1.165) is 11.8 Å². The number of aromatic nitrogens is 2. The van der Waals surface area contributed by atoms with Crippen LogP contribution in [0.5, 0.6) is 17.4 Å². The summed E-state index contributed by atoms with van der Waals surface area (Å²) >= 11 is 0. The SMILES string of the molecule is O=[N+]([O-])c1cnc(Cc2ccc3c(c2)OCO3)nc1O. The second-order valence-electron chi connectivity index (χ2n) is 4.12. The lowest BCUT2D eigenvalue weighted by Crippen LogP contribution is -1.99. The maximum atomic E-state index is 10.6. The van der Waals surface area contributed by atoms with Gasteiger partial charge in [0.05, 0.1) is 4.92 Å². The van der Waals surface area contributed by atoms with E-state index in [-0.39, 0.29) is 12.6 Å². The van der Waals surface area contributed by atoms with Crippen LogP contribution in [0.3, 0.4) is 0 Å². The van der Waals surface area contributed by atoms with Gasteiger partial charge in [-0.05, 0) is 17.7 Å². The van der Waals surface area contributed by atoms with Gasteiger partial charge >= 0.3 is 5.69 Å². The van der Waals surface area contributed by atoms with Crippen molar-refractivity contribution in [2.75, 3.05) is 6.79 Å². The molecule has 8 heteroatoms. The van der Waals surface area contributed by atoms with E-state index in [4.69, 9.17) is 9.47 Å². The van der Waals surface area contributed by atoms with Crippen LogP contribution in [0.25, 0.3) is 0 Å². The summed E-state index contributed by atoms with van der Waals surface area (Å²) in [6, 6.07) is 5.36. The van der Waals surface area contributed by atoms with Gasteiger partial charge in [0.25, 0.3) is 5.88 Å². The predicted molar refractivity (Wildman–Crippen MR) is 65.7 cm³/mol. The summed E-state index contributed by atoms with van der Waals surface area (Å²) in [4.78, 5) is 17.4. The van der Waals surface area contributed by atoms with Gasteiger partial charge < -0.3 is 14.6 Å². The Morgan fingerprint density at radius 3 is 2.90 bits per heavy atom. The monoisotopic (exact) mass is 275 g/mol. The smallest absolute Gasteiger partial charge is 0.348 e. The molecule has 0 spiro atoms. The number of aromatic hydroxyl groups is 1. The Hall–Kier alpha value is -2.90. The minimum Gasteiger partial charge on any atom is -0.488 e. The predicted octanol–water partition coefficient (Wildman–Crippen LogP) is 1.41. The molecule has 0 bridgehead atoms. The van der Waals surface area contributed by atoms with Gasteiger partial charge in [-0.2, -0.15) is 4.98 Å². The Kier molecular flexibility index (Phi) is 2.82. The Balaban J connectivity index is 1.84. The molecule has 1 aliphatic heterocycles. The molecule has 0 amide bonds. The van der Waals surface area contributed by atoms with Crippen LogP contribution < -0.4 is 9.47 Å². The standard InChI is InChI=1S/C12H9N3O5/c16-12-8(15(17)18)5-13-11(14-12)4-7-1-2-9-10(3-7)20-6-19-9/h1-3,5H,4,6H2,(H,13,14,16). The van der Waals surface area contributed by atoms with Gasteiger partial charge in [-0.3, -0.25) is 10.1 Å². The fraction of sp³-hybridized carbons (Fsp3) is 0.167. The minimum absolute atomic E-state index is 0.188. The second kappa shape index (κ2) is 4.65. The number of nitro groups is 1. The second-order valence-corrected chi connectivity index (χ2v) is 4.12. The van der Waals surface area contributed by atoms with Crippen molar-refractivity contribution < 1.29 is 19.5 Å². The molecule has 1 aliphatic rings. The average molecular weight is 275 g/mol. The van der Waals surface area contributed by atoms with Gasteiger partial charge in [0.1, 0.15) is 12.0 Å². The molecule has 0 saturated heterocycles. The zero-order chi connectivity index (χ0) is 14.1. The summed E-state index contributed by atoms with van der Waals surface area (Å²) in [6.07, 6.45) is 1.31. The zero-order valence-electron chi connectivity index (χ0n) is 10.1. The van der Waals surface area contributed by atoms with Crippen molar-refractivity contribution in [3.63, 3.8) is 0 Å². The van der Waals surface area contributed by atoms with Crippen molar-refractivity contribution in [2.24, 2.45) is 0 Å². The first kappa shape index (κ1) is 12.2. The highest BCUT2D eigenvalue weighted by Crippen LogP contribution is 2.33. The average Bonchev–Trinajstić information content (AvgIpc) is 2.85. The van der Waals surface area contributed by atoms with E-state index in [1.165, 1.54) is 0 Å². The van der Waals surface area contributed by atoms with Crippen molar-refractivity contribution in [1.29, 1.82) is 0 Å². The van der Waals surface area contributed by atoms with Gasteiger partial charge in [-0.1, -0.05) is 6.07 Å². The van der Waals surface area contributed by atoms with Gasteiger partial charge in [0.15, 0.2) is 11.5 Å². The third kappa shape index (κ3) is 2.18. The normalized spacial score (nSPS) is 12.4. The fourth-order valence-electron chi connectivity index (χ4n) is 1.85. The summed E-state index contributed by atoms with van der Waals surface area (Å²) in [5.41, 5.74) is 0.335. The third-order valence-corrected chi connectivity index (χ3v) is 2.80. The lowest BCUT2D eigenvalue weighted by Gasteiger charge is -2.03. The molecule has 8 nitrogen and oxygen atoms in total. The van der Waals surface area contributed by atoms with Crippen LogP contribution in [-0.2, 0) is 6.42 Å². The molecule has 2 aromatic rings. The number of benzene rings is 1. The maximum Gasteiger partial charge on any atom is 0.348 e. The molecule has 2 heterocycles. The Morgan fingerprint density at radius 1 is 1.35 bits per heavy atom. The third-order valence-electron chi connectivity index (χ3n) is 2.80. The molecule has 1 N–H and O–H groups in total. The van der Waals surface area contributed by atoms with Crippen LogP contribution in [0, 0.1) is 10.1 Å². The van der Waals surface area contributed by atoms with Crippen LogP contribution >= 0.6 is 0 Å². The fourth-order valence-corrected chi connectivity index (χ4v) is 1.85. The molecule has 1 aromatic carbocycles. The highest BCUT2D eigenvalue weighted by atomic mass is 16.7. The van der Waals surface area contributed by atoms with Crippen LogP contribution in [0.15, 0.2) is 24.4 Å². The van der Waals surface area contributed by atoms with Crippen molar-refractivity contribution in [2.45, 2.75) is 6.42 Å². The molecule has 1 aromatic heterocycles. The van der Waals surface area contributed by atoms with Crippen LogP contribution in [-0.4, -0.2) is 26.8 Å². The van der Waals surface area contributed by atoms with Crippen molar-refractivity contribution in [1.82, 2.24) is 9.97 Å². The zero-order valence-corrected chi connectivity index (χ0v) is 10.1. The van der Waals surface area contributed by atoms with Gasteiger partial charge in [-0.25, -0.2) is 4.98 Å². The first-order chi connectivity index (χ1) is 9.63. The minimum atomic E-state index is -0.736. The Labute approximate surface area is 112 Å². The summed E-state index contributed by atoms with van der Waals surface area (Å²) < 4.78 is 10.4. The van der Waals surface area contributed by atoms with Gasteiger partial charge in [0.2, 0.25) is 6.79 Å². The van der Waals surface area contributed by atoms with Crippen LogP contribution in [0.4, 0.5) is 5.69 Å². The number of fused-ring (bicyclic) bond motifs is 1. The van der Waals surface area contributed by atoms with E-state index in [0.29, 0.717) is 17.9 Å². The molecule has 0 unspecified atom stereocenters. The van der Waals surface area contributed by atoms with E-state index in [1.54, 1.807) is 12.1 Å². The van der Waals surface area contributed by atoms with E-state index in [9.17, 15) is 15.2 Å². The number of hydrogen-bond donors (Lipinski definition) is 1. The highest BCUT2D eigenvalue weighted by Gasteiger charge is 2.17. The van der Waals surface area contributed by atoms with Crippen LogP contribution in [0.1, 0.15) is 11.4 Å². The number of nitrogens with zero attached hydrogens (tertiary/aromatic N) is 3. The van der Waals surface area contributed by atoms with E-state index in [2.05, 4.69) is 9.97 Å². The molecular formula is C12H9N3O5. The van der Waals surface area contributed by atoms with Gasteiger partial charge in [-0.15, -0.1) is 0 Å². The first-order valence-electron chi connectivity index (χ1n) is 5.71. The van der Waals surface area contributed by atoms with E-state index >= 15 is 0 Å². The molecule has 0 fully saturated rings. The molecule has 20 heavy (non-hydrogen) atoms. The highest BCUT2D eigenvalue weighted by molar-refractivity contribution is 5.45. The van der Waals surface area contributed by atoms with Crippen molar-refractivity contribution in [3.05, 3.63) is 45.9 Å². The van der Waals surface area contributed by atoms with E-state index < -0.39 is 16.5 Å². The number of rotatable bonds is 3. The van der Waals surface area contributed by atoms with Crippen molar-refractivity contribution >= 4 is 5.69 Å². The molecule has 0 aliphatic carbocycles. The number of hydrogen-bond acceptors (Lipinski definition) is 7. The summed E-state index contributed by atoms with van der Waals surface area (Å²) in [7, 11) is 0. The summed E-state index contributed by atoms with van der Waals surface area (Å²) in [5, 5.41) is 20.0. The Morgan fingerprint density at radius 2 is 2.15 bits per heavy atom. The topological polar surface area (TPSA) is 108 Å². The summed E-state index contributed by atoms with van der Waals surface area (Å²) in [6.45, 7) is 0.188.